The van der Waals surface area contributed by atoms with E-state index in [0.717, 1.165) is 12.6 Å². The van der Waals surface area contributed by atoms with E-state index in [1.165, 1.54) is 12.1 Å². The summed E-state index contributed by atoms with van der Waals surface area (Å²) in [5, 5.41) is 19.8. The highest BCUT2D eigenvalue weighted by molar-refractivity contribution is 5.95. The maximum atomic E-state index is 11.2. The van der Waals surface area contributed by atoms with Crippen LogP contribution >= 0.6 is 0 Å². The highest BCUT2D eigenvalue weighted by atomic mass is 16.6. The van der Waals surface area contributed by atoms with Crippen molar-refractivity contribution in [2.24, 2.45) is 0 Å². The first-order valence-electron chi connectivity index (χ1n) is 5.70. The van der Waals surface area contributed by atoms with E-state index in [4.69, 9.17) is 5.11 Å². The summed E-state index contributed by atoms with van der Waals surface area (Å²) in [6, 6.07) is 3.87. The molecular weight excluding hydrogens is 250 g/mol. The van der Waals surface area contributed by atoms with Crippen LogP contribution in [-0.4, -0.2) is 55.1 Å². The normalized spacial score (nSPS) is 10.5. The van der Waals surface area contributed by atoms with Crippen LogP contribution in [0, 0.1) is 10.1 Å². The zero-order valence-electron chi connectivity index (χ0n) is 11.2. The van der Waals surface area contributed by atoms with E-state index in [9.17, 15) is 14.9 Å². The van der Waals surface area contributed by atoms with Gasteiger partial charge in [0.1, 0.15) is 0 Å². The zero-order valence-corrected chi connectivity index (χ0v) is 11.2. The number of non-ortho nitro benzene ring substituents is 1. The molecule has 0 aromatic heterocycles. The molecule has 0 aliphatic heterocycles. The van der Waals surface area contributed by atoms with Gasteiger partial charge < -0.3 is 14.9 Å². The third-order valence-electron chi connectivity index (χ3n) is 2.72. The number of carbonyl (C=O) groups is 1. The Morgan fingerprint density at radius 2 is 1.95 bits per heavy atom. The molecule has 0 heterocycles. The predicted molar refractivity (Wildman–Crippen MR) is 71.9 cm³/mol. The Balaban J connectivity index is 3.06. The Morgan fingerprint density at radius 1 is 1.32 bits per heavy atom. The molecule has 0 bridgehead atoms. The van der Waals surface area contributed by atoms with Gasteiger partial charge in [0.05, 0.1) is 16.2 Å². The van der Waals surface area contributed by atoms with Crippen molar-refractivity contribution in [2.75, 3.05) is 39.1 Å². The van der Waals surface area contributed by atoms with E-state index in [-0.39, 0.29) is 11.3 Å². The minimum absolute atomic E-state index is 0.0598. The molecule has 1 aromatic rings. The molecule has 0 aliphatic rings. The van der Waals surface area contributed by atoms with Crippen molar-refractivity contribution in [3.8, 4) is 0 Å². The number of nitrogens with zero attached hydrogens (tertiary/aromatic N) is 3. The predicted octanol–water partition coefficient (Wildman–Crippen LogP) is 1.29. The molecule has 0 spiro atoms. The van der Waals surface area contributed by atoms with Gasteiger partial charge in [-0.1, -0.05) is 0 Å². The lowest BCUT2D eigenvalue weighted by molar-refractivity contribution is -0.384. The largest absolute Gasteiger partial charge is 0.478 e. The average molecular weight is 267 g/mol. The second-order valence-corrected chi connectivity index (χ2v) is 4.49. The number of nitro groups is 1. The molecule has 0 amide bonds. The van der Waals surface area contributed by atoms with Gasteiger partial charge in [-0.15, -0.1) is 0 Å². The Hall–Kier alpha value is -2.15. The number of anilines is 1. The summed E-state index contributed by atoms with van der Waals surface area (Å²) in [5.74, 6) is -1.17. The third-order valence-corrected chi connectivity index (χ3v) is 2.72. The molecule has 7 heteroatoms. The first-order chi connectivity index (χ1) is 8.82. The highest BCUT2D eigenvalue weighted by Crippen LogP contribution is 2.24. The molecule has 0 saturated carbocycles. The minimum atomic E-state index is -1.17. The topological polar surface area (TPSA) is 86.9 Å². The number of aromatic carboxylic acids is 1. The number of benzene rings is 1. The Morgan fingerprint density at radius 3 is 2.42 bits per heavy atom. The molecule has 0 saturated heterocycles. The standard InChI is InChI=1S/C12H17N3O4/c1-13(2)6-7-14(3)11-5-4-9(15(18)19)8-10(11)12(16)17/h4-5,8H,6-7H2,1-3H3,(H,16,17). The summed E-state index contributed by atoms with van der Waals surface area (Å²) in [7, 11) is 5.60. The quantitative estimate of drug-likeness (QED) is 0.617. The van der Waals surface area contributed by atoms with Gasteiger partial charge in [0.15, 0.2) is 0 Å². The number of hydrogen-bond donors (Lipinski definition) is 1. The summed E-state index contributed by atoms with van der Waals surface area (Å²) >= 11 is 0. The molecule has 0 aliphatic carbocycles. The van der Waals surface area contributed by atoms with Crippen LogP contribution in [0.1, 0.15) is 10.4 Å². The van der Waals surface area contributed by atoms with E-state index in [0.29, 0.717) is 12.2 Å². The van der Waals surface area contributed by atoms with E-state index in [2.05, 4.69) is 0 Å². The molecule has 0 radical (unpaired) electrons. The lowest BCUT2D eigenvalue weighted by atomic mass is 10.1. The number of likely N-dealkylation sites (N-methyl/N-ethyl adjacent to an activating group) is 2. The van der Waals surface area contributed by atoms with Crippen molar-refractivity contribution in [1.82, 2.24) is 4.90 Å². The fourth-order valence-electron chi connectivity index (χ4n) is 1.61. The summed E-state index contributed by atoms with van der Waals surface area (Å²) in [4.78, 5) is 25.0. The smallest absolute Gasteiger partial charge is 0.338 e. The first kappa shape index (κ1) is 14.9. The molecule has 19 heavy (non-hydrogen) atoms. The lowest BCUT2D eigenvalue weighted by Crippen LogP contribution is -2.29. The zero-order chi connectivity index (χ0) is 14.6. The SMILES string of the molecule is CN(C)CCN(C)c1ccc([N+](=O)[O-])cc1C(=O)O. The van der Waals surface area contributed by atoms with Gasteiger partial charge in [-0.25, -0.2) is 4.79 Å². The van der Waals surface area contributed by atoms with Crippen molar-refractivity contribution >= 4 is 17.3 Å². The number of carboxylic acids is 1. The van der Waals surface area contributed by atoms with Gasteiger partial charge in [-0.2, -0.15) is 0 Å². The van der Waals surface area contributed by atoms with Crippen molar-refractivity contribution < 1.29 is 14.8 Å². The molecule has 1 N–H and O–H groups in total. The number of carboxylic acid groups (broad SMARTS) is 1. The van der Waals surface area contributed by atoms with Crippen LogP contribution in [0.25, 0.3) is 0 Å². The van der Waals surface area contributed by atoms with Crippen molar-refractivity contribution in [3.63, 3.8) is 0 Å². The summed E-state index contributed by atoms with van der Waals surface area (Å²) in [6.45, 7) is 1.39. The lowest BCUT2D eigenvalue weighted by Gasteiger charge is -2.22. The molecule has 7 nitrogen and oxygen atoms in total. The van der Waals surface area contributed by atoms with Gasteiger partial charge in [-0.05, 0) is 20.2 Å². The Labute approximate surface area is 111 Å². The summed E-state index contributed by atoms with van der Waals surface area (Å²) < 4.78 is 0. The fourth-order valence-corrected chi connectivity index (χ4v) is 1.61. The Bertz CT molecular complexity index is 488. The molecule has 104 valence electrons. The van der Waals surface area contributed by atoms with E-state index >= 15 is 0 Å². The van der Waals surface area contributed by atoms with Crippen LogP contribution in [0.5, 0.6) is 0 Å². The third kappa shape index (κ3) is 3.92. The van der Waals surface area contributed by atoms with Crippen LogP contribution in [-0.2, 0) is 0 Å². The maximum Gasteiger partial charge on any atom is 0.338 e. The van der Waals surface area contributed by atoms with E-state index in [1.807, 2.05) is 19.0 Å². The van der Waals surface area contributed by atoms with Gasteiger partial charge in [0.25, 0.3) is 5.69 Å². The van der Waals surface area contributed by atoms with Gasteiger partial charge >= 0.3 is 5.97 Å². The van der Waals surface area contributed by atoms with Crippen LogP contribution in [0.15, 0.2) is 18.2 Å². The van der Waals surface area contributed by atoms with Gasteiger partial charge in [0, 0.05) is 32.3 Å². The molecular formula is C12H17N3O4. The first-order valence-corrected chi connectivity index (χ1v) is 5.70. The highest BCUT2D eigenvalue weighted by Gasteiger charge is 2.18. The maximum absolute atomic E-state index is 11.2. The summed E-state index contributed by atoms with van der Waals surface area (Å²) in [5.41, 5.74) is 0.192. The van der Waals surface area contributed by atoms with Crippen LogP contribution in [0.2, 0.25) is 0 Å². The average Bonchev–Trinajstić information content (AvgIpc) is 2.34. The number of hydrogen-bond acceptors (Lipinski definition) is 5. The van der Waals surface area contributed by atoms with Gasteiger partial charge in [-0.3, -0.25) is 10.1 Å². The molecule has 0 unspecified atom stereocenters. The monoisotopic (exact) mass is 267 g/mol. The number of rotatable bonds is 6. The van der Waals surface area contributed by atoms with E-state index < -0.39 is 10.9 Å². The second kappa shape index (κ2) is 6.14. The minimum Gasteiger partial charge on any atom is -0.478 e. The van der Waals surface area contributed by atoms with Crippen molar-refractivity contribution in [1.29, 1.82) is 0 Å². The van der Waals surface area contributed by atoms with Crippen molar-refractivity contribution in [3.05, 3.63) is 33.9 Å². The Kier molecular flexibility index (Phi) is 4.82. The van der Waals surface area contributed by atoms with Crippen LogP contribution in [0.4, 0.5) is 11.4 Å². The summed E-state index contributed by atoms with van der Waals surface area (Å²) in [6.07, 6.45) is 0. The van der Waals surface area contributed by atoms with Gasteiger partial charge in [0.2, 0.25) is 0 Å². The molecule has 0 fully saturated rings. The van der Waals surface area contributed by atoms with Crippen LogP contribution < -0.4 is 4.90 Å². The fraction of sp³-hybridized carbons (Fsp3) is 0.417. The van der Waals surface area contributed by atoms with Crippen LogP contribution in [0.3, 0.4) is 0 Å². The van der Waals surface area contributed by atoms with E-state index in [1.54, 1.807) is 11.9 Å². The molecule has 0 atom stereocenters. The molecule has 1 rings (SSSR count). The second-order valence-electron chi connectivity index (χ2n) is 4.49. The number of nitro benzene ring substituents is 1. The molecule has 1 aromatic carbocycles. The van der Waals surface area contributed by atoms with Crippen molar-refractivity contribution in [2.45, 2.75) is 0 Å².